The van der Waals surface area contributed by atoms with Gasteiger partial charge in [-0.05, 0) is 54.8 Å². The lowest BCUT2D eigenvalue weighted by Gasteiger charge is -2.19. The van der Waals surface area contributed by atoms with Gasteiger partial charge in [0.25, 0.3) is 0 Å². The first kappa shape index (κ1) is 23.3. The van der Waals surface area contributed by atoms with Crippen LogP contribution >= 0.6 is 11.6 Å². The molecule has 6 nitrogen and oxygen atoms in total. The maximum atomic E-state index is 9.81. The molecule has 4 aromatic rings. The van der Waals surface area contributed by atoms with Crippen molar-refractivity contribution in [3.63, 3.8) is 0 Å². The van der Waals surface area contributed by atoms with Gasteiger partial charge in [-0.3, -0.25) is 9.97 Å². The van der Waals surface area contributed by atoms with Gasteiger partial charge in [0.1, 0.15) is 24.2 Å². The van der Waals surface area contributed by atoms with E-state index in [1.165, 1.54) is 0 Å². The van der Waals surface area contributed by atoms with Crippen molar-refractivity contribution in [3.05, 3.63) is 82.8 Å². The van der Waals surface area contributed by atoms with Crippen LogP contribution in [0.4, 0.5) is 11.4 Å². The van der Waals surface area contributed by atoms with Gasteiger partial charge in [-0.1, -0.05) is 37.6 Å². The van der Waals surface area contributed by atoms with Crippen molar-refractivity contribution in [2.45, 2.75) is 33.3 Å². The second-order valence-corrected chi connectivity index (χ2v) is 8.41. The number of nitrogens with one attached hydrogen (secondary N) is 1. The molecule has 0 unspecified atom stereocenters. The van der Waals surface area contributed by atoms with Gasteiger partial charge in [0, 0.05) is 18.1 Å². The Kier molecular flexibility index (Phi) is 7.15. The van der Waals surface area contributed by atoms with Crippen molar-refractivity contribution >= 4 is 33.9 Å². The molecular weight excluding hydrogens is 448 g/mol. The van der Waals surface area contributed by atoms with Gasteiger partial charge < -0.3 is 14.8 Å². The second-order valence-electron chi connectivity index (χ2n) is 8.00. The number of fused-ring (bicyclic) bond motifs is 1. The van der Waals surface area contributed by atoms with E-state index in [2.05, 4.69) is 35.2 Å². The van der Waals surface area contributed by atoms with Crippen LogP contribution in [0.15, 0.2) is 60.9 Å². The van der Waals surface area contributed by atoms with Crippen molar-refractivity contribution in [2.75, 3.05) is 11.9 Å². The molecule has 0 aliphatic heterocycles. The molecule has 2 heterocycles. The predicted molar refractivity (Wildman–Crippen MR) is 135 cm³/mol. The molecule has 0 amide bonds. The lowest BCUT2D eigenvalue weighted by Crippen LogP contribution is -2.04. The largest absolute Gasteiger partial charge is 0.493 e. The molecule has 34 heavy (non-hydrogen) atoms. The van der Waals surface area contributed by atoms with Gasteiger partial charge in [0.05, 0.1) is 39.5 Å². The molecule has 0 aliphatic rings. The lowest BCUT2D eigenvalue weighted by molar-refractivity contribution is 0.301. The van der Waals surface area contributed by atoms with E-state index < -0.39 is 0 Å². The fraction of sp³-hybridized carbons (Fsp3) is 0.222. The highest BCUT2D eigenvalue weighted by Gasteiger charge is 2.19. The Balaban J connectivity index is 1.71. The Labute approximate surface area is 204 Å². The Bertz CT molecular complexity index is 1350. The summed E-state index contributed by atoms with van der Waals surface area (Å²) >= 11 is 6.51. The molecule has 7 heteroatoms. The first-order valence-electron chi connectivity index (χ1n) is 11.1. The highest BCUT2D eigenvalue weighted by Crippen LogP contribution is 2.41. The van der Waals surface area contributed by atoms with Crippen molar-refractivity contribution in [2.24, 2.45) is 0 Å². The number of pyridine rings is 2. The van der Waals surface area contributed by atoms with Crippen molar-refractivity contribution in [1.29, 1.82) is 5.26 Å². The van der Waals surface area contributed by atoms with E-state index in [-0.39, 0.29) is 5.92 Å². The SMILES string of the molecule is CCOc1c(C(C)C)ccc2ncc(C#N)c(Nc3ccc(OCc4ccccn4)c(Cl)c3)c12. The third-order valence-electron chi connectivity index (χ3n) is 5.35. The summed E-state index contributed by atoms with van der Waals surface area (Å²) in [7, 11) is 0. The molecule has 2 aromatic heterocycles. The Morgan fingerprint density at radius 3 is 2.62 bits per heavy atom. The summed E-state index contributed by atoms with van der Waals surface area (Å²) in [4.78, 5) is 8.75. The smallest absolute Gasteiger partial charge is 0.138 e. The minimum Gasteiger partial charge on any atom is -0.493 e. The zero-order chi connectivity index (χ0) is 24.1. The molecule has 0 saturated carbocycles. The van der Waals surface area contributed by atoms with Gasteiger partial charge in [-0.25, -0.2) is 0 Å². The summed E-state index contributed by atoms with van der Waals surface area (Å²) in [6, 6.07) is 17.3. The molecule has 0 radical (unpaired) electrons. The molecule has 4 rings (SSSR count). The van der Waals surface area contributed by atoms with Gasteiger partial charge in [-0.2, -0.15) is 5.26 Å². The third-order valence-corrected chi connectivity index (χ3v) is 5.65. The monoisotopic (exact) mass is 472 g/mol. The number of nitriles is 1. The average molecular weight is 473 g/mol. The highest BCUT2D eigenvalue weighted by atomic mass is 35.5. The molecule has 0 aliphatic carbocycles. The van der Waals surface area contributed by atoms with Gasteiger partial charge in [0.15, 0.2) is 0 Å². The van der Waals surface area contributed by atoms with E-state index in [0.29, 0.717) is 35.2 Å². The maximum Gasteiger partial charge on any atom is 0.138 e. The molecule has 0 spiro atoms. The van der Waals surface area contributed by atoms with E-state index >= 15 is 0 Å². The van der Waals surface area contributed by atoms with Crippen LogP contribution in [0.2, 0.25) is 5.02 Å². The van der Waals surface area contributed by atoms with Crippen LogP contribution in [0.3, 0.4) is 0 Å². The summed E-state index contributed by atoms with van der Waals surface area (Å²) < 4.78 is 11.9. The van der Waals surface area contributed by atoms with E-state index in [4.69, 9.17) is 21.1 Å². The predicted octanol–water partition coefficient (Wildman–Crippen LogP) is 7.00. The van der Waals surface area contributed by atoms with E-state index in [1.54, 1.807) is 24.5 Å². The average Bonchev–Trinajstić information content (AvgIpc) is 2.84. The molecule has 0 saturated heterocycles. The molecule has 0 fully saturated rings. The van der Waals surface area contributed by atoms with Crippen molar-refractivity contribution in [3.8, 4) is 17.6 Å². The van der Waals surface area contributed by atoms with Crippen molar-refractivity contribution in [1.82, 2.24) is 9.97 Å². The fourth-order valence-electron chi connectivity index (χ4n) is 3.72. The summed E-state index contributed by atoms with van der Waals surface area (Å²) in [6.07, 6.45) is 3.29. The molecule has 172 valence electrons. The topological polar surface area (TPSA) is 80.1 Å². The summed E-state index contributed by atoms with van der Waals surface area (Å²) in [5.74, 6) is 1.54. The minimum atomic E-state index is 0.245. The standard InChI is InChI=1S/C27H25ClN4O2/c1-4-33-27-21(17(2)3)9-10-23-25(27)26(18(14-29)15-31-23)32-19-8-11-24(22(28)13-19)34-16-20-7-5-6-12-30-20/h5-13,15,17H,4,16H2,1-3H3,(H,31,32). The van der Waals surface area contributed by atoms with Crippen LogP contribution in [-0.2, 0) is 6.61 Å². The third kappa shape index (κ3) is 4.90. The number of rotatable bonds is 8. The Hall–Kier alpha value is -3.82. The molecule has 1 N–H and O–H groups in total. The van der Waals surface area contributed by atoms with Crippen molar-refractivity contribution < 1.29 is 9.47 Å². The van der Waals surface area contributed by atoms with Gasteiger partial charge >= 0.3 is 0 Å². The van der Waals surface area contributed by atoms with E-state index in [9.17, 15) is 5.26 Å². The number of anilines is 2. The van der Waals surface area contributed by atoms with Crippen LogP contribution in [0, 0.1) is 11.3 Å². The van der Waals surface area contributed by atoms with E-state index in [0.717, 1.165) is 33.6 Å². The van der Waals surface area contributed by atoms with Crippen LogP contribution < -0.4 is 14.8 Å². The van der Waals surface area contributed by atoms with Gasteiger partial charge in [0.2, 0.25) is 0 Å². The minimum absolute atomic E-state index is 0.245. The lowest BCUT2D eigenvalue weighted by atomic mass is 9.97. The Morgan fingerprint density at radius 2 is 1.94 bits per heavy atom. The molecule has 0 atom stereocenters. The molecule has 2 aromatic carbocycles. The number of aromatic nitrogens is 2. The van der Waals surface area contributed by atoms with Gasteiger partial charge in [-0.15, -0.1) is 0 Å². The number of halogens is 1. The first-order chi connectivity index (χ1) is 16.5. The quantitative estimate of drug-likeness (QED) is 0.297. The fourth-order valence-corrected chi connectivity index (χ4v) is 3.95. The number of benzene rings is 2. The molecule has 0 bridgehead atoms. The summed E-state index contributed by atoms with van der Waals surface area (Å²) in [5.41, 5.74) is 4.39. The highest BCUT2D eigenvalue weighted by molar-refractivity contribution is 6.32. The second kappa shape index (κ2) is 10.4. The normalized spacial score (nSPS) is 10.8. The number of nitrogens with zero attached hydrogens (tertiary/aromatic N) is 3. The first-order valence-corrected chi connectivity index (χ1v) is 11.5. The van der Waals surface area contributed by atoms with E-state index in [1.807, 2.05) is 43.3 Å². The van der Waals surface area contributed by atoms with Crippen LogP contribution in [0.1, 0.15) is 43.5 Å². The maximum absolute atomic E-state index is 9.81. The Morgan fingerprint density at radius 1 is 1.09 bits per heavy atom. The zero-order valence-corrected chi connectivity index (χ0v) is 20.1. The number of hydrogen-bond donors (Lipinski definition) is 1. The van der Waals surface area contributed by atoms with Crippen LogP contribution in [0.5, 0.6) is 11.5 Å². The van der Waals surface area contributed by atoms with Crippen LogP contribution in [-0.4, -0.2) is 16.6 Å². The number of hydrogen-bond acceptors (Lipinski definition) is 6. The molecular formula is C27H25ClN4O2. The zero-order valence-electron chi connectivity index (χ0n) is 19.3. The van der Waals surface area contributed by atoms with Crippen LogP contribution in [0.25, 0.3) is 10.9 Å². The summed E-state index contributed by atoms with van der Waals surface area (Å²) in [5, 5.41) is 14.4. The summed E-state index contributed by atoms with van der Waals surface area (Å²) in [6.45, 7) is 6.99. The number of ether oxygens (including phenoxy) is 2.